The van der Waals surface area contributed by atoms with Crippen molar-refractivity contribution in [2.24, 2.45) is 0 Å². The molecule has 0 bridgehead atoms. The summed E-state index contributed by atoms with van der Waals surface area (Å²) in [4.78, 5) is 14.6. The monoisotopic (exact) mass is 407 g/mol. The van der Waals surface area contributed by atoms with E-state index in [-0.39, 0.29) is 35.7 Å². The van der Waals surface area contributed by atoms with Crippen LogP contribution in [-0.4, -0.2) is 31.0 Å². The highest BCUT2D eigenvalue weighted by Crippen LogP contribution is 2.18. The molecule has 0 aliphatic heterocycles. The maximum absolute atomic E-state index is 13.1. The Kier molecular flexibility index (Phi) is 7.57. The summed E-state index contributed by atoms with van der Waals surface area (Å²) in [6.07, 6.45) is 0.992. The maximum Gasteiger partial charge on any atom is 0.308 e. The van der Waals surface area contributed by atoms with Crippen LogP contribution in [0.2, 0.25) is 0 Å². The Bertz CT molecular complexity index is 880. The zero-order valence-electron chi connectivity index (χ0n) is 16.4. The van der Waals surface area contributed by atoms with E-state index in [9.17, 15) is 17.6 Å². The van der Waals surface area contributed by atoms with E-state index in [0.29, 0.717) is 6.54 Å². The SMILES string of the molecule is CC[C@H](C)N(Cc1ccc(OS(=O)(=O)CC)cc1)C(=O)Cc1ccc(F)cc1. The third-order valence-corrected chi connectivity index (χ3v) is 5.72. The van der Waals surface area contributed by atoms with Crippen LogP contribution in [0, 0.1) is 5.82 Å². The van der Waals surface area contributed by atoms with E-state index in [1.54, 1.807) is 41.3 Å². The molecule has 2 rings (SSSR count). The van der Waals surface area contributed by atoms with Crippen molar-refractivity contribution in [1.29, 1.82) is 0 Å². The number of rotatable bonds is 9. The van der Waals surface area contributed by atoms with Crippen LogP contribution in [0.15, 0.2) is 48.5 Å². The molecule has 2 aromatic rings. The Morgan fingerprint density at radius 1 is 1.04 bits per heavy atom. The first kappa shape index (κ1) is 21.9. The summed E-state index contributed by atoms with van der Waals surface area (Å²) in [7, 11) is -3.57. The Hall–Kier alpha value is -2.41. The minimum atomic E-state index is -3.57. The van der Waals surface area contributed by atoms with Crippen LogP contribution in [0.5, 0.6) is 5.75 Å². The second-order valence-electron chi connectivity index (χ2n) is 6.66. The van der Waals surface area contributed by atoms with Gasteiger partial charge in [0.05, 0.1) is 12.2 Å². The molecule has 0 aliphatic rings. The molecule has 0 saturated heterocycles. The van der Waals surface area contributed by atoms with Gasteiger partial charge in [0.1, 0.15) is 11.6 Å². The van der Waals surface area contributed by atoms with Gasteiger partial charge < -0.3 is 9.08 Å². The first-order valence-corrected chi connectivity index (χ1v) is 10.9. The van der Waals surface area contributed by atoms with Gasteiger partial charge >= 0.3 is 10.1 Å². The van der Waals surface area contributed by atoms with E-state index in [2.05, 4.69) is 0 Å². The standard InChI is InChI=1S/C21H26FNO4S/c1-4-16(3)23(21(24)14-17-6-10-19(22)11-7-17)15-18-8-12-20(13-9-18)27-28(25,26)5-2/h6-13,16H,4-5,14-15H2,1-3H3/t16-/m0/s1. The Morgan fingerprint density at radius 2 is 1.61 bits per heavy atom. The number of carbonyl (C=O) groups is 1. The molecule has 5 nitrogen and oxygen atoms in total. The number of amides is 1. The third kappa shape index (κ3) is 6.34. The van der Waals surface area contributed by atoms with Gasteiger partial charge in [-0.1, -0.05) is 31.2 Å². The summed E-state index contributed by atoms with van der Waals surface area (Å²) in [6, 6.07) is 12.6. The van der Waals surface area contributed by atoms with Gasteiger partial charge in [-0.2, -0.15) is 8.42 Å². The van der Waals surface area contributed by atoms with Gasteiger partial charge in [0.25, 0.3) is 0 Å². The van der Waals surface area contributed by atoms with E-state index in [1.807, 2.05) is 13.8 Å². The van der Waals surface area contributed by atoms with Gasteiger partial charge in [-0.15, -0.1) is 0 Å². The lowest BCUT2D eigenvalue weighted by molar-refractivity contribution is -0.133. The molecule has 0 N–H and O–H groups in total. The molecule has 7 heteroatoms. The molecule has 1 amide bonds. The quantitative estimate of drug-likeness (QED) is 0.591. The highest BCUT2D eigenvalue weighted by molar-refractivity contribution is 7.87. The van der Waals surface area contributed by atoms with Crippen LogP contribution in [0.25, 0.3) is 0 Å². The second kappa shape index (κ2) is 9.68. The van der Waals surface area contributed by atoms with Crippen molar-refractivity contribution >= 4 is 16.0 Å². The number of carbonyl (C=O) groups excluding carboxylic acids is 1. The third-order valence-electron chi connectivity index (χ3n) is 4.56. The zero-order valence-corrected chi connectivity index (χ0v) is 17.2. The molecule has 0 fully saturated rings. The van der Waals surface area contributed by atoms with E-state index < -0.39 is 10.1 Å². The summed E-state index contributed by atoms with van der Waals surface area (Å²) in [5.74, 6) is -0.232. The molecule has 28 heavy (non-hydrogen) atoms. The van der Waals surface area contributed by atoms with Gasteiger partial charge in [-0.3, -0.25) is 4.79 Å². The summed E-state index contributed by atoms with van der Waals surface area (Å²) < 4.78 is 41.1. The Morgan fingerprint density at radius 3 is 2.14 bits per heavy atom. The van der Waals surface area contributed by atoms with Gasteiger partial charge in [0.2, 0.25) is 5.91 Å². The maximum atomic E-state index is 13.1. The number of hydrogen-bond acceptors (Lipinski definition) is 4. The molecule has 0 saturated carbocycles. The zero-order chi connectivity index (χ0) is 20.7. The molecular weight excluding hydrogens is 381 g/mol. The predicted molar refractivity (Wildman–Crippen MR) is 107 cm³/mol. The summed E-state index contributed by atoms with van der Waals surface area (Å²) in [5, 5.41) is 0. The van der Waals surface area contributed by atoms with Crippen molar-refractivity contribution in [3.05, 3.63) is 65.5 Å². The predicted octanol–water partition coefficient (Wildman–Crippen LogP) is 3.92. The first-order chi connectivity index (χ1) is 13.2. The Balaban J connectivity index is 2.11. The van der Waals surface area contributed by atoms with Crippen molar-refractivity contribution in [2.75, 3.05) is 5.75 Å². The fraction of sp³-hybridized carbons (Fsp3) is 0.381. The molecule has 152 valence electrons. The highest BCUT2D eigenvalue weighted by Gasteiger charge is 2.20. The smallest absolute Gasteiger partial charge is 0.308 e. The fourth-order valence-corrected chi connectivity index (χ4v) is 3.16. The first-order valence-electron chi connectivity index (χ1n) is 9.29. The van der Waals surface area contributed by atoms with Crippen molar-refractivity contribution in [3.8, 4) is 5.75 Å². The average molecular weight is 408 g/mol. The number of halogens is 1. The van der Waals surface area contributed by atoms with Crippen molar-refractivity contribution < 1.29 is 21.8 Å². The minimum absolute atomic E-state index is 0.0318. The number of hydrogen-bond donors (Lipinski definition) is 0. The number of nitrogens with zero attached hydrogens (tertiary/aromatic N) is 1. The molecule has 0 unspecified atom stereocenters. The molecule has 0 spiro atoms. The molecule has 0 aliphatic carbocycles. The summed E-state index contributed by atoms with van der Waals surface area (Å²) in [5.41, 5.74) is 1.63. The van der Waals surface area contributed by atoms with Crippen LogP contribution < -0.4 is 4.18 Å². The summed E-state index contributed by atoms with van der Waals surface area (Å²) >= 11 is 0. The van der Waals surface area contributed by atoms with Crippen LogP contribution in [0.4, 0.5) is 4.39 Å². The average Bonchev–Trinajstić information content (AvgIpc) is 2.68. The molecule has 0 radical (unpaired) electrons. The molecule has 1 atom stereocenters. The molecular formula is C21H26FNO4S. The van der Waals surface area contributed by atoms with E-state index >= 15 is 0 Å². The minimum Gasteiger partial charge on any atom is -0.382 e. The van der Waals surface area contributed by atoms with Crippen molar-refractivity contribution in [3.63, 3.8) is 0 Å². The molecule has 0 heterocycles. The topological polar surface area (TPSA) is 63.7 Å². The van der Waals surface area contributed by atoms with Gasteiger partial charge in [-0.05, 0) is 55.7 Å². The lowest BCUT2D eigenvalue weighted by Gasteiger charge is -2.29. The Labute approximate surface area is 166 Å². The van der Waals surface area contributed by atoms with Gasteiger partial charge in [0, 0.05) is 12.6 Å². The van der Waals surface area contributed by atoms with Crippen molar-refractivity contribution in [1.82, 2.24) is 4.90 Å². The summed E-state index contributed by atoms with van der Waals surface area (Å²) in [6.45, 7) is 5.90. The van der Waals surface area contributed by atoms with E-state index in [1.165, 1.54) is 19.1 Å². The van der Waals surface area contributed by atoms with Crippen LogP contribution in [-0.2, 0) is 27.9 Å². The van der Waals surface area contributed by atoms with Crippen LogP contribution in [0.3, 0.4) is 0 Å². The molecule has 0 aromatic heterocycles. The largest absolute Gasteiger partial charge is 0.382 e. The normalized spacial score (nSPS) is 12.4. The number of benzene rings is 2. The van der Waals surface area contributed by atoms with E-state index in [0.717, 1.165) is 17.5 Å². The second-order valence-corrected chi connectivity index (χ2v) is 8.52. The van der Waals surface area contributed by atoms with Crippen LogP contribution in [0.1, 0.15) is 38.3 Å². The van der Waals surface area contributed by atoms with Crippen molar-refractivity contribution in [2.45, 2.75) is 46.2 Å². The van der Waals surface area contributed by atoms with E-state index in [4.69, 9.17) is 4.18 Å². The highest BCUT2D eigenvalue weighted by atomic mass is 32.2. The van der Waals surface area contributed by atoms with Gasteiger partial charge in [0.15, 0.2) is 0 Å². The lowest BCUT2D eigenvalue weighted by atomic mass is 10.1. The van der Waals surface area contributed by atoms with Gasteiger partial charge in [-0.25, -0.2) is 4.39 Å². The lowest BCUT2D eigenvalue weighted by Crippen LogP contribution is -2.38. The van der Waals surface area contributed by atoms with Crippen LogP contribution >= 0.6 is 0 Å². The fourth-order valence-electron chi connectivity index (χ4n) is 2.64. The molecule has 2 aromatic carbocycles.